The normalized spacial score (nSPS) is 15.7. The van der Waals surface area contributed by atoms with Crippen LogP contribution in [0.3, 0.4) is 0 Å². The molecule has 0 bridgehead atoms. The number of piperazine rings is 1. The Morgan fingerprint density at radius 1 is 1.00 bits per heavy atom. The molecule has 0 aliphatic carbocycles. The molecule has 1 saturated heterocycles. The lowest BCUT2D eigenvalue weighted by atomic mass is 10.2. The molecule has 1 aromatic carbocycles. The summed E-state index contributed by atoms with van der Waals surface area (Å²) in [6.45, 7) is 10.1. The minimum absolute atomic E-state index is 0.0979. The second kappa shape index (κ2) is 7.21. The van der Waals surface area contributed by atoms with Gasteiger partial charge in [-0.05, 0) is 26.0 Å². The lowest BCUT2D eigenvalue weighted by molar-refractivity contribution is 0.246. The fourth-order valence-electron chi connectivity index (χ4n) is 3.64. The van der Waals surface area contributed by atoms with Crippen LogP contribution in [0.15, 0.2) is 41.2 Å². The van der Waals surface area contributed by atoms with E-state index in [9.17, 15) is 4.79 Å². The van der Waals surface area contributed by atoms with Crippen molar-refractivity contribution in [2.45, 2.75) is 20.4 Å². The molecule has 1 aliphatic rings. The molecule has 0 amide bonds. The summed E-state index contributed by atoms with van der Waals surface area (Å²) in [5.74, 6) is 0. The van der Waals surface area contributed by atoms with Crippen LogP contribution in [-0.2, 0) is 6.54 Å². The van der Waals surface area contributed by atoms with Gasteiger partial charge >= 0.3 is 0 Å². The van der Waals surface area contributed by atoms with Crippen molar-refractivity contribution in [1.82, 2.24) is 14.5 Å². The number of nitrogens with zero attached hydrogens (tertiary/aromatic N) is 4. The van der Waals surface area contributed by atoms with E-state index in [0.29, 0.717) is 0 Å². The zero-order valence-electron chi connectivity index (χ0n) is 15.3. The first-order chi connectivity index (χ1) is 12.6. The Bertz CT molecular complexity index is 910. The molecule has 1 aliphatic heterocycles. The number of para-hydroxylation sites is 1. The SMILES string of the molecule is Cc1cc(=O)cc(C)n1CCN1CCN(c2nc3ccccc3s2)CC1. The van der Waals surface area contributed by atoms with Crippen molar-refractivity contribution in [1.29, 1.82) is 0 Å². The van der Waals surface area contributed by atoms with E-state index in [1.807, 2.05) is 19.9 Å². The first-order valence-electron chi connectivity index (χ1n) is 9.11. The third-order valence-electron chi connectivity index (χ3n) is 5.12. The van der Waals surface area contributed by atoms with Gasteiger partial charge in [0.25, 0.3) is 0 Å². The smallest absolute Gasteiger partial charge is 0.186 e. The molecular formula is C20H24N4OS. The predicted octanol–water partition coefficient (Wildman–Crippen LogP) is 2.90. The lowest BCUT2D eigenvalue weighted by Gasteiger charge is -2.34. The van der Waals surface area contributed by atoms with Gasteiger partial charge in [0.2, 0.25) is 0 Å². The van der Waals surface area contributed by atoms with Crippen molar-refractivity contribution in [2.75, 3.05) is 37.6 Å². The predicted molar refractivity (Wildman–Crippen MR) is 108 cm³/mol. The van der Waals surface area contributed by atoms with Gasteiger partial charge in [-0.15, -0.1) is 0 Å². The number of aromatic nitrogens is 2. The maximum absolute atomic E-state index is 11.6. The Kier molecular flexibility index (Phi) is 4.78. The fraction of sp³-hybridized carbons (Fsp3) is 0.400. The van der Waals surface area contributed by atoms with Gasteiger partial charge in [0.05, 0.1) is 10.2 Å². The van der Waals surface area contributed by atoms with Crippen molar-refractivity contribution >= 4 is 26.7 Å². The van der Waals surface area contributed by atoms with Crippen LogP contribution in [-0.4, -0.2) is 47.2 Å². The highest BCUT2D eigenvalue weighted by Crippen LogP contribution is 2.29. The van der Waals surface area contributed by atoms with Gasteiger partial charge in [-0.3, -0.25) is 9.69 Å². The number of thiazole rings is 1. The van der Waals surface area contributed by atoms with Gasteiger partial charge in [0.1, 0.15) is 0 Å². The first kappa shape index (κ1) is 17.2. The van der Waals surface area contributed by atoms with Crippen molar-refractivity contribution in [3.63, 3.8) is 0 Å². The number of hydrogen-bond donors (Lipinski definition) is 0. The lowest BCUT2D eigenvalue weighted by Crippen LogP contribution is -2.47. The minimum Gasteiger partial charge on any atom is -0.348 e. The molecule has 0 spiro atoms. The van der Waals surface area contributed by atoms with Gasteiger partial charge in [-0.1, -0.05) is 23.5 Å². The fourth-order valence-corrected chi connectivity index (χ4v) is 4.66. The van der Waals surface area contributed by atoms with Crippen molar-refractivity contribution in [3.8, 4) is 0 Å². The van der Waals surface area contributed by atoms with Crippen LogP contribution in [0.2, 0.25) is 0 Å². The Morgan fingerprint density at radius 2 is 1.69 bits per heavy atom. The Labute approximate surface area is 157 Å². The van der Waals surface area contributed by atoms with E-state index in [1.54, 1.807) is 23.5 Å². The van der Waals surface area contributed by atoms with Crippen LogP contribution in [0.1, 0.15) is 11.4 Å². The molecule has 1 fully saturated rings. The summed E-state index contributed by atoms with van der Waals surface area (Å²) in [7, 11) is 0. The number of aryl methyl sites for hydroxylation is 2. The highest BCUT2D eigenvalue weighted by atomic mass is 32.1. The zero-order valence-corrected chi connectivity index (χ0v) is 16.1. The van der Waals surface area contributed by atoms with Crippen molar-refractivity contribution in [2.24, 2.45) is 0 Å². The van der Waals surface area contributed by atoms with Gasteiger partial charge in [0.15, 0.2) is 10.6 Å². The van der Waals surface area contributed by atoms with E-state index < -0.39 is 0 Å². The number of hydrogen-bond acceptors (Lipinski definition) is 5. The number of fused-ring (bicyclic) bond motifs is 1. The Hall–Kier alpha value is -2.18. The monoisotopic (exact) mass is 368 g/mol. The van der Waals surface area contributed by atoms with E-state index in [2.05, 4.69) is 32.6 Å². The largest absolute Gasteiger partial charge is 0.348 e. The molecule has 136 valence electrons. The summed E-state index contributed by atoms with van der Waals surface area (Å²) < 4.78 is 3.50. The molecule has 0 N–H and O–H groups in total. The van der Waals surface area contributed by atoms with Crippen LogP contribution in [0.5, 0.6) is 0 Å². The molecule has 26 heavy (non-hydrogen) atoms. The summed E-state index contributed by atoms with van der Waals surface area (Å²) in [4.78, 5) is 21.2. The highest BCUT2D eigenvalue weighted by molar-refractivity contribution is 7.22. The van der Waals surface area contributed by atoms with Crippen LogP contribution in [0, 0.1) is 13.8 Å². The summed E-state index contributed by atoms with van der Waals surface area (Å²) in [5, 5.41) is 1.14. The van der Waals surface area contributed by atoms with E-state index in [0.717, 1.165) is 61.3 Å². The first-order valence-corrected chi connectivity index (χ1v) is 9.93. The third kappa shape index (κ3) is 3.52. The van der Waals surface area contributed by atoms with E-state index in [1.165, 1.54) is 4.70 Å². The second-order valence-electron chi connectivity index (χ2n) is 6.92. The molecule has 0 unspecified atom stereocenters. The molecule has 0 saturated carbocycles. The van der Waals surface area contributed by atoms with Gasteiger partial charge < -0.3 is 9.47 Å². The summed E-state index contributed by atoms with van der Waals surface area (Å²) in [5.41, 5.74) is 3.28. The average Bonchev–Trinajstić information content (AvgIpc) is 3.05. The molecule has 0 atom stereocenters. The number of benzene rings is 1. The highest BCUT2D eigenvalue weighted by Gasteiger charge is 2.19. The number of rotatable bonds is 4. The summed E-state index contributed by atoms with van der Waals surface area (Å²) in [6.07, 6.45) is 0. The molecular weight excluding hydrogens is 344 g/mol. The van der Waals surface area contributed by atoms with E-state index in [4.69, 9.17) is 4.98 Å². The van der Waals surface area contributed by atoms with Crippen molar-refractivity contribution < 1.29 is 0 Å². The maximum Gasteiger partial charge on any atom is 0.186 e. The average molecular weight is 369 g/mol. The molecule has 4 rings (SSSR count). The van der Waals surface area contributed by atoms with E-state index in [-0.39, 0.29) is 5.43 Å². The minimum atomic E-state index is 0.0979. The quantitative estimate of drug-likeness (QED) is 0.710. The third-order valence-corrected chi connectivity index (χ3v) is 6.22. The topological polar surface area (TPSA) is 41.4 Å². The zero-order chi connectivity index (χ0) is 18.1. The van der Waals surface area contributed by atoms with Crippen LogP contribution < -0.4 is 10.3 Å². The number of anilines is 1. The number of pyridine rings is 1. The van der Waals surface area contributed by atoms with Gasteiger partial charge in [-0.2, -0.15) is 0 Å². The van der Waals surface area contributed by atoms with Crippen LogP contribution in [0.25, 0.3) is 10.2 Å². The standard InChI is InChI=1S/C20H24N4OS/c1-15-13-17(25)14-16(2)24(15)12-9-22-7-10-23(11-8-22)20-21-18-5-3-4-6-19(18)26-20/h3-6,13-14H,7-12H2,1-2H3. The van der Waals surface area contributed by atoms with Gasteiger partial charge in [0, 0.05) is 62.8 Å². The second-order valence-corrected chi connectivity index (χ2v) is 7.93. The van der Waals surface area contributed by atoms with Crippen LogP contribution >= 0.6 is 11.3 Å². The molecule has 3 aromatic rings. The van der Waals surface area contributed by atoms with Crippen molar-refractivity contribution in [3.05, 3.63) is 58.0 Å². The van der Waals surface area contributed by atoms with Crippen LogP contribution in [0.4, 0.5) is 5.13 Å². The summed E-state index contributed by atoms with van der Waals surface area (Å²) >= 11 is 1.78. The maximum atomic E-state index is 11.6. The van der Waals surface area contributed by atoms with E-state index >= 15 is 0 Å². The summed E-state index contributed by atoms with van der Waals surface area (Å²) in [6, 6.07) is 11.8. The molecule has 5 nitrogen and oxygen atoms in total. The molecule has 6 heteroatoms. The van der Waals surface area contributed by atoms with Gasteiger partial charge in [-0.25, -0.2) is 4.98 Å². The molecule has 2 aromatic heterocycles. The molecule has 3 heterocycles. The molecule has 0 radical (unpaired) electrons. The Morgan fingerprint density at radius 3 is 2.38 bits per heavy atom. The Balaban J connectivity index is 1.36.